The molecule has 0 bridgehead atoms. The molecule has 102 valence electrons. The van der Waals surface area contributed by atoms with E-state index in [1.807, 2.05) is 0 Å². The molecule has 0 saturated heterocycles. The normalized spacial score (nSPS) is 10.1. The minimum atomic E-state index is -1.08. The van der Waals surface area contributed by atoms with Crippen molar-refractivity contribution in [2.24, 2.45) is 0 Å². The van der Waals surface area contributed by atoms with Crippen LogP contribution in [0.4, 0.5) is 10.1 Å². The molecule has 6 heteroatoms. The van der Waals surface area contributed by atoms with Gasteiger partial charge in [0, 0.05) is 11.8 Å². The van der Waals surface area contributed by atoms with E-state index in [0.717, 1.165) is 12.1 Å². The monoisotopic (exact) mass is 275 g/mol. The lowest BCUT2D eigenvalue weighted by atomic mass is 10.1. The van der Waals surface area contributed by atoms with Crippen LogP contribution < -0.4 is 5.32 Å². The van der Waals surface area contributed by atoms with Gasteiger partial charge in [0.15, 0.2) is 0 Å². The van der Waals surface area contributed by atoms with E-state index >= 15 is 0 Å². The molecule has 3 N–H and O–H groups in total. The molecule has 0 aliphatic heterocycles. The summed E-state index contributed by atoms with van der Waals surface area (Å²) in [5.74, 6) is -2.88. The number of aromatic hydroxyl groups is 1. The number of carboxylic acid groups (broad SMARTS) is 1. The summed E-state index contributed by atoms with van der Waals surface area (Å²) in [6, 6.07) is 8.65. The number of carboxylic acids is 1. The molecule has 0 fully saturated rings. The van der Waals surface area contributed by atoms with Gasteiger partial charge in [-0.2, -0.15) is 0 Å². The number of rotatable bonds is 3. The first-order valence-corrected chi connectivity index (χ1v) is 5.60. The van der Waals surface area contributed by atoms with E-state index in [9.17, 15) is 14.0 Å². The third-order valence-corrected chi connectivity index (χ3v) is 2.59. The van der Waals surface area contributed by atoms with Crippen molar-refractivity contribution >= 4 is 17.6 Å². The van der Waals surface area contributed by atoms with Crippen LogP contribution >= 0.6 is 0 Å². The number of carbonyl (C=O) groups excluding carboxylic acids is 1. The molecular weight excluding hydrogens is 265 g/mol. The molecule has 0 radical (unpaired) electrons. The first kappa shape index (κ1) is 13.5. The van der Waals surface area contributed by atoms with Gasteiger partial charge in [-0.15, -0.1) is 0 Å². The Labute approximate surface area is 113 Å². The van der Waals surface area contributed by atoms with E-state index in [4.69, 9.17) is 10.2 Å². The highest BCUT2D eigenvalue weighted by Gasteiger charge is 2.12. The van der Waals surface area contributed by atoms with Gasteiger partial charge in [-0.05, 0) is 36.4 Å². The Kier molecular flexibility index (Phi) is 3.65. The quantitative estimate of drug-likeness (QED) is 0.803. The van der Waals surface area contributed by atoms with Crippen molar-refractivity contribution in [1.82, 2.24) is 0 Å². The number of nitrogens with one attached hydrogen (secondary N) is 1. The van der Waals surface area contributed by atoms with Gasteiger partial charge >= 0.3 is 5.97 Å². The molecule has 5 nitrogen and oxygen atoms in total. The van der Waals surface area contributed by atoms with E-state index in [1.165, 1.54) is 30.3 Å². The first-order chi connectivity index (χ1) is 9.47. The molecule has 20 heavy (non-hydrogen) atoms. The van der Waals surface area contributed by atoms with Gasteiger partial charge < -0.3 is 15.5 Å². The largest absolute Gasteiger partial charge is 0.508 e. The smallest absolute Gasteiger partial charge is 0.335 e. The molecule has 0 aliphatic rings. The van der Waals surface area contributed by atoms with E-state index in [-0.39, 0.29) is 16.9 Å². The summed E-state index contributed by atoms with van der Waals surface area (Å²) < 4.78 is 13.5. The van der Waals surface area contributed by atoms with Crippen LogP contribution in [-0.2, 0) is 0 Å². The Morgan fingerprint density at radius 3 is 2.25 bits per heavy atom. The summed E-state index contributed by atoms with van der Waals surface area (Å²) >= 11 is 0. The van der Waals surface area contributed by atoms with E-state index < -0.39 is 17.7 Å². The van der Waals surface area contributed by atoms with Crippen molar-refractivity contribution in [3.63, 3.8) is 0 Å². The van der Waals surface area contributed by atoms with E-state index in [2.05, 4.69) is 5.32 Å². The lowest BCUT2D eigenvalue weighted by molar-refractivity contribution is 0.0696. The van der Waals surface area contributed by atoms with Crippen LogP contribution in [0.3, 0.4) is 0 Å². The zero-order valence-corrected chi connectivity index (χ0v) is 10.1. The summed E-state index contributed by atoms with van der Waals surface area (Å²) in [6.45, 7) is 0. The van der Waals surface area contributed by atoms with Crippen LogP contribution in [0.25, 0.3) is 0 Å². The van der Waals surface area contributed by atoms with Gasteiger partial charge in [0.2, 0.25) is 0 Å². The number of hydrogen-bond donors (Lipinski definition) is 3. The van der Waals surface area contributed by atoms with E-state index in [1.54, 1.807) is 0 Å². The Balaban J connectivity index is 2.17. The third kappa shape index (κ3) is 2.92. The van der Waals surface area contributed by atoms with Crippen LogP contribution in [0, 0.1) is 5.82 Å². The van der Waals surface area contributed by atoms with Gasteiger partial charge in [-0.25, -0.2) is 9.18 Å². The standard InChI is InChI=1S/C14H10FNO4/c15-12-7-10(17)5-6-11(12)13(18)16-9-3-1-8(2-4-9)14(19)20/h1-7,17H,(H,16,18)(H,19,20). The molecule has 1 amide bonds. The Morgan fingerprint density at radius 1 is 1.05 bits per heavy atom. The molecule has 0 aromatic heterocycles. The second-order valence-electron chi connectivity index (χ2n) is 4.00. The number of halogens is 1. The predicted molar refractivity (Wildman–Crippen MR) is 69.4 cm³/mol. The highest BCUT2D eigenvalue weighted by Crippen LogP contribution is 2.17. The van der Waals surface area contributed by atoms with Crippen LogP contribution in [0.15, 0.2) is 42.5 Å². The Hall–Kier alpha value is -2.89. The number of phenolic OH excluding ortho intramolecular Hbond substituents is 1. The Morgan fingerprint density at radius 2 is 1.70 bits per heavy atom. The fourth-order valence-electron chi connectivity index (χ4n) is 1.58. The van der Waals surface area contributed by atoms with Crippen molar-refractivity contribution in [3.05, 3.63) is 59.4 Å². The zero-order valence-electron chi connectivity index (χ0n) is 10.1. The number of hydrogen-bond acceptors (Lipinski definition) is 3. The SMILES string of the molecule is O=C(O)c1ccc(NC(=O)c2ccc(O)cc2F)cc1. The predicted octanol–water partition coefficient (Wildman–Crippen LogP) is 2.48. The maximum Gasteiger partial charge on any atom is 0.335 e. The van der Waals surface area contributed by atoms with E-state index in [0.29, 0.717) is 5.69 Å². The minimum Gasteiger partial charge on any atom is -0.508 e. The molecule has 0 saturated carbocycles. The molecule has 2 rings (SSSR count). The van der Waals surface area contributed by atoms with Crippen LogP contribution in [-0.4, -0.2) is 22.1 Å². The fraction of sp³-hybridized carbons (Fsp3) is 0. The molecule has 0 spiro atoms. The summed E-state index contributed by atoms with van der Waals surface area (Å²) in [4.78, 5) is 22.5. The highest BCUT2D eigenvalue weighted by atomic mass is 19.1. The lowest BCUT2D eigenvalue weighted by Crippen LogP contribution is -2.13. The summed E-state index contributed by atoms with van der Waals surface area (Å²) in [5, 5.41) is 20.2. The molecule has 0 atom stereocenters. The second kappa shape index (κ2) is 5.40. The fourth-order valence-corrected chi connectivity index (χ4v) is 1.58. The average molecular weight is 275 g/mol. The van der Waals surface area contributed by atoms with Crippen LogP contribution in [0.2, 0.25) is 0 Å². The molecule has 0 aliphatic carbocycles. The lowest BCUT2D eigenvalue weighted by Gasteiger charge is -2.06. The maximum atomic E-state index is 13.5. The van der Waals surface area contributed by atoms with Crippen molar-refractivity contribution in [2.75, 3.05) is 5.32 Å². The number of anilines is 1. The summed E-state index contributed by atoms with van der Waals surface area (Å²) in [6.07, 6.45) is 0. The number of phenols is 1. The molecular formula is C14H10FNO4. The molecule has 2 aromatic rings. The Bertz CT molecular complexity index is 667. The first-order valence-electron chi connectivity index (χ1n) is 5.60. The van der Waals surface area contributed by atoms with Gasteiger partial charge in [0.1, 0.15) is 11.6 Å². The number of carbonyl (C=O) groups is 2. The maximum absolute atomic E-state index is 13.5. The van der Waals surface area contributed by atoms with Crippen molar-refractivity contribution in [3.8, 4) is 5.75 Å². The van der Waals surface area contributed by atoms with Crippen LogP contribution in [0.1, 0.15) is 20.7 Å². The topological polar surface area (TPSA) is 86.6 Å². The highest BCUT2D eigenvalue weighted by molar-refractivity contribution is 6.04. The van der Waals surface area contributed by atoms with Gasteiger partial charge in [0.05, 0.1) is 11.1 Å². The number of benzene rings is 2. The van der Waals surface area contributed by atoms with Gasteiger partial charge in [-0.1, -0.05) is 0 Å². The molecule has 0 heterocycles. The number of aromatic carboxylic acids is 1. The van der Waals surface area contributed by atoms with Crippen molar-refractivity contribution in [1.29, 1.82) is 0 Å². The van der Waals surface area contributed by atoms with Gasteiger partial charge in [-0.3, -0.25) is 4.79 Å². The molecule has 0 unspecified atom stereocenters. The van der Waals surface area contributed by atoms with Crippen molar-refractivity contribution < 1.29 is 24.2 Å². The number of amides is 1. The third-order valence-electron chi connectivity index (χ3n) is 2.59. The minimum absolute atomic E-state index is 0.0822. The summed E-state index contributed by atoms with van der Waals surface area (Å²) in [7, 11) is 0. The van der Waals surface area contributed by atoms with Crippen molar-refractivity contribution in [2.45, 2.75) is 0 Å². The molecule has 2 aromatic carbocycles. The second-order valence-corrected chi connectivity index (χ2v) is 4.00. The average Bonchev–Trinajstić information content (AvgIpc) is 2.39. The van der Waals surface area contributed by atoms with Crippen LogP contribution in [0.5, 0.6) is 5.75 Å². The van der Waals surface area contributed by atoms with Gasteiger partial charge in [0.25, 0.3) is 5.91 Å². The summed E-state index contributed by atoms with van der Waals surface area (Å²) in [5.41, 5.74) is 0.205. The zero-order chi connectivity index (χ0) is 14.7.